The average molecular weight is 487 g/mol. The lowest BCUT2D eigenvalue weighted by Gasteiger charge is -2.24. The molecule has 0 spiro atoms. The summed E-state index contributed by atoms with van der Waals surface area (Å²) in [7, 11) is 1.60. The molecule has 0 saturated carbocycles. The van der Waals surface area contributed by atoms with E-state index >= 15 is 0 Å². The van der Waals surface area contributed by atoms with Crippen molar-refractivity contribution in [1.29, 1.82) is 0 Å². The van der Waals surface area contributed by atoms with Crippen molar-refractivity contribution in [2.24, 2.45) is 0 Å². The molecule has 1 fully saturated rings. The fraction of sp³-hybridized carbons (Fsp3) is 0.304. The van der Waals surface area contributed by atoms with E-state index in [0.717, 1.165) is 11.4 Å². The van der Waals surface area contributed by atoms with Crippen LogP contribution in [-0.2, 0) is 9.59 Å². The first-order valence-corrected chi connectivity index (χ1v) is 11.5. The highest BCUT2D eigenvalue weighted by atomic mass is 35.5. The first-order valence-electron chi connectivity index (χ1n) is 10.3. The summed E-state index contributed by atoms with van der Waals surface area (Å²) in [5.41, 5.74) is -0.337. The Morgan fingerprint density at radius 2 is 1.79 bits per heavy atom. The quantitative estimate of drug-likeness (QED) is 0.528. The Morgan fingerprint density at radius 3 is 2.45 bits per heavy atom. The number of aromatic nitrogens is 2. The van der Waals surface area contributed by atoms with Gasteiger partial charge in [0.05, 0.1) is 7.11 Å². The van der Waals surface area contributed by atoms with Crippen LogP contribution in [0.1, 0.15) is 31.2 Å². The third-order valence-electron chi connectivity index (χ3n) is 5.25. The Kier molecular flexibility index (Phi) is 6.53. The molecule has 172 valence electrons. The Morgan fingerprint density at radius 1 is 1.12 bits per heavy atom. The van der Waals surface area contributed by atoms with Gasteiger partial charge in [0, 0.05) is 29.6 Å². The van der Waals surface area contributed by atoms with E-state index in [2.05, 4.69) is 15.5 Å². The van der Waals surface area contributed by atoms with Crippen LogP contribution in [0.15, 0.2) is 48.5 Å². The standard InChI is InChI=1S/C23H23ClN4O4S/c1-23(2,32-18-8-4-15(24)5-9-18)21(30)25-22-27-26-20(33-22)14-12-19(29)28(13-14)16-6-10-17(31-3)11-7-16/h4-11,14H,12-13H2,1-3H3,(H,25,27,30). The van der Waals surface area contributed by atoms with Gasteiger partial charge < -0.3 is 14.4 Å². The molecule has 8 nitrogen and oxygen atoms in total. The second-order valence-corrected chi connectivity index (χ2v) is 9.51. The minimum absolute atomic E-state index is 0.0171. The average Bonchev–Trinajstić information content (AvgIpc) is 3.42. The van der Waals surface area contributed by atoms with Crippen molar-refractivity contribution in [1.82, 2.24) is 10.2 Å². The number of hydrogen-bond donors (Lipinski definition) is 1. The number of anilines is 2. The van der Waals surface area contributed by atoms with Gasteiger partial charge in [0.1, 0.15) is 16.5 Å². The van der Waals surface area contributed by atoms with E-state index in [4.69, 9.17) is 21.1 Å². The second kappa shape index (κ2) is 9.36. The number of nitrogens with one attached hydrogen (secondary N) is 1. The maximum Gasteiger partial charge on any atom is 0.269 e. The third-order valence-corrected chi connectivity index (χ3v) is 6.51. The SMILES string of the molecule is COc1ccc(N2CC(c3nnc(NC(=O)C(C)(C)Oc4ccc(Cl)cc4)s3)CC2=O)cc1. The van der Waals surface area contributed by atoms with E-state index in [1.807, 2.05) is 24.3 Å². The lowest BCUT2D eigenvalue weighted by molar-refractivity contribution is -0.128. The van der Waals surface area contributed by atoms with Gasteiger partial charge in [-0.3, -0.25) is 14.9 Å². The maximum atomic E-state index is 12.8. The summed E-state index contributed by atoms with van der Waals surface area (Å²) in [6, 6.07) is 14.1. The van der Waals surface area contributed by atoms with Crippen LogP contribution in [0.2, 0.25) is 5.02 Å². The number of nitrogens with zero attached hydrogens (tertiary/aromatic N) is 3. The maximum absolute atomic E-state index is 12.8. The molecule has 10 heteroatoms. The van der Waals surface area contributed by atoms with Crippen molar-refractivity contribution < 1.29 is 19.1 Å². The third kappa shape index (κ3) is 5.26. The van der Waals surface area contributed by atoms with Crippen LogP contribution in [0.5, 0.6) is 11.5 Å². The van der Waals surface area contributed by atoms with E-state index in [-0.39, 0.29) is 17.7 Å². The van der Waals surface area contributed by atoms with Gasteiger partial charge in [-0.1, -0.05) is 22.9 Å². The molecule has 1 atom stereocenters. The molecule has 2 heterocycles. The van der Waals surface area contributed by atoms with E-state index < -0.39 is 5.60 Å². The summed E-state index contributed by atoms with van der Waals surface area (Å²) in [6.45, 7) is 3.83. The van der Waals surface area contributed by atoms with Gasteiger partial charge in [0.15, 0.2) is 5.60 Å². The zero-order valence-corrected chi connectivity index (χ0v) is 19.9. The van der Waals surface area contributed by atoms with Crippen molar-refractivity contribution in [3.8, 4) is 11.5 Å². The van der Waals surface area contributed by atoms with Crippen molar-refractivity contribution in [3.05, 3.63) is 58.6 Å². The van der Waals surface area contributed by atoms with Crippen LogP contribution >= 0.6 is 22.9 Å². The van der Waals surface area contributed by atoms with Gasteiger partial charge in [-0.05, 0) is 62.4 Å². The number of ether oxygens (including phenoxy) is 2. The van der Waals surface area contributed by atoms with Crippen LogP contribution in [0.4, 0.5) is 10.8 Å². The second-order valence-electron chi connectivity index (χ2n) is 8.07. The largest absolute Gasteiger partial charge is 0.497 e. The molecule has 3 aromatic rings. The summed E-state index contributed by atoms with van der Waals surface area (Å²) in [5, 5.41) is 12.7. The van der Waals surface area contributed by atoms with Gasteiger partial charge in [-0.2, -0.15) is 0 Å². The van der Waals surface area contributed by atoms with Crippen molar-refractivity contribution in [2.45, 2.75) is 31.8 Å². The molecule has 0 radical (unpaired) electrons. The predicted octanol–water partition coefficient (Wildman–Crippen LogP) is 4.52. The van der Waals surface area contributed by atoms with Gasteiger partial charge in [-0.15, -0.1) is 10.2 Å². The van der Waals surface area contributed by atoms with Gasteiger partial charge in [-0.25, -0.2) is 0 Å². The Bertz CT molecular complexity index is 1150. The zero-order valence-electron chi connectivity index (χ0n) is 18.4. The molecule has 2 amide bonds. The highest BCUT2D eigenvalue weighted by molar-refractivity contribution is 7.15. The molecule has 1 unspecified atom stereocenters. The highest BCUT2D eigenvalue weighted by Gasteiger charge is 2.35. The molecule has 1 saturated heterocycles. The van der Waals surface area contributed by atoms with Crippen LogP contribution in [-0.4, -0.2) is 41.3 Å². The number of halogens is 1. The molecule has 1 N–H and O–H groups in total. The minimum atomic E-state index is -1.14. The number of hydrogen-bond acceptors (Lipinski definition) is 7. The fourth-order valence-electron chi connectivity index (χ4n) is 3.43. The Hall–Kier alpha value is -3.17. The van der Waals surface area contributed by atoms with Gasteiger partial charge in [0.2, 0.25) is 11.0 Å². The number of methoxy groups -OCH3 is 1. The number of carbonyl (C=O) groups excluding carboxylic acids is 2. The van der Waals surface area contributed by atoms with Crippen LogP contribution in [0.3, 0.4) is 0 Å². The summed E-state index contributed by atoms with van der Waals surface area (Å²) >= 11 is 7.16. The minimum Gasteiger partial charge on any atom is -0.497 e. The van der Waals surface area contributed by atoms with Crippen LogP contribution in [0.25, 0.3) is 0 Å². The predicted molar refractivity (Wildman–Crippen MR) is 127 cm³/mol. The summed E-state index contributed by atoms with van der Waals surface area (Å²) in [5.74, 6) is 0.821. The van der Waals surface area contributed by atoms with Crippen molar-refractivity contribution in [2.75, 3.05) is 23.9 Å². The van der Waals surface area contributed by atoms with E-state index in [1.54, 1.807) is 50.1 Å². The number of amides is 2. The van der Waals surface area contributed by atoms with Gasteiger partial charge in [0.25, 0.3) is 5.91 Å². The normalized spacial score (nSPS) is 16.1. The molecule has 2 aromatic carbocycles. The molecule has 1 aliphatic heterocycles. The topological polar surface area (TPSA) is 93.7 Å². The Balaban J connectivity index is 1.39. The van der Waals surface area contributed by atoms with Gasteiger partial charge >= 0.3 is 0 Å². The first-order chi connectivity index (χ1) is 15.7. The molecule has 1 aliphatic rings. The number of benzene rings is 2. The lowest BCUT2D eigenvalue weighted by Crippen LogP contribution is -2.42. The molecule has 0 bridgehead atoms. The monoisotopic (exact) mass is 486 g/mol. The molecule has 33 heavy (non-hydrogen) atoms. The number of rotatable bonds is 7. The molecule has 0 aliphatic carbocycles. The van der Waals surface area contributed by atoms with Crippen LogP contribution in [0, 0.1) is 0 Å². The summed E-state index contributed by atoms with van der Waals surface area (Å²) < 4.78 is 11.0. The molecular weight excluding hydrogens is 464 g/mol. The van der Waals surface area contributed by atoms with Crippen molar-refractivity contribution >= 4 is 45.6 Å². The summed E-state index contributed by atoms with van der Waals surface area (Å²) in [4.78, 5) is 27.1. The van der Waals surface area contributed by atoms with E-state index in [9.17, 15) is 9.59 Å². The molecule has 4 rings (SSSR count). The highest BCUT2D eigenvalue weighted by Crippen LogP contribution is 2.35. The van der Waals surface area contributed by atoms with E-state index in [0.29, 0.717) is 33.9 Å². The fourth-order valence-corrected chi connectivity index (χ4v) is 4.38. The first kappa shape index (κ1) is 23.0. The smallest absolute Gasteiger partial charge is 0.269 e. The molecule has 1 aromatic heterocycles. The van der Waals surface area contributed by atoms with Crippen molar-refractivity contribution in [3.63, 3.8) is 0 Å². The Labute approximate surface area is 200 Å². The molecular formula is C23H23ClN4O4S. The number of carbonyl (C=O) groups is 2. The lowest BCUT2D eigenvalue weighted by atomic mass is 10.1. The summed E-state index contributed by atoms with van der Waals surface area (Å²) in [6.07, 6.45) is 0.333. The van der Waals surface area contributed by atoms with E-state index in [1.165, 1.54) is 11.3 Å². The van der Waals surface area contributed by atoms with Crippen LogP contribution < -0.4 is 19.7 Å². The zero-order chi connectivity index (χ0) is 23.6.